The van der Waals surface area contributed by atoms with Crippen molar-refractivity contribution in [1.29, 1.82) is 0 Å². The predicted molar refractivity (Wildman–Crippen MR) is 69.4 cm³/mol. The van der Waals surface area contributed by atoms with Gasteiger partial charge in [-0.3, -0.25) is 4.79 Å². The summed E-state index contributed by atoms with van der Waals surface area (Å²) in [6, 6.07) is 5.75. The monoisotopic (exact) mass is 242 g/mol. The molecule has 1 aromatic carbocycles. The number of amides is 1. The first-order chi connectivity index (χ1) is 7.15. The van der Waals surface area contributed by atoms with Crippen molar-refractivity contribution in [2.45, 2.75) is 13.8 Å². The van der Waals surface area contributed by atoms with Gasteiger partial charge in [0.1, 0.15) is 0 Å². The second kappa shape index (κ2) is 7.25. The van der Waals surface area contributed by atoms with Crippen LogP contribution in [0, 0.1) is 13.8 Å². The molecule has 1 rings (SSSR count). The van der Waals surface area contributed by atoms with Gasteiger partial charge in [-0.15, -0.1) is 12.4 Å². The molecule has 0 aliphatic carbocycles. The molecule has 0 heterocycles. The van der Waals surface area contributed by atoms with Crippen LogP contribution in [0.2, 0.25) is 0 Å². The number of carbonyl (C=O) groups excluding carboxylic acids is 1. The molecule has 16 heavy (non-hydrogen) atoms. The van der Waals surface area contributed by atoms with Crippen LogP contribution >= 0.6 is 12.4 Å². The van der Waals surface area contributed by atoms with E-state index < -0.39 is 0 Å². The molecule has 0 spiro atoms. The smallest absolute Gasteiger partial charge is 0.251 e. The van der Waals surface area contributed by atoms with Crippen molar-refractivity contribution in [3.8, 4) is 0 Å². The number of rotatable bonds is 4. The van der Waals surface area contributed by atoms with E-state index in [1.165, 1.54) is 5.56 Å². The first kappa shape index (κ1) is 14.9. The van der Waals surface area contributed by atoms with Gasteiger partial charge in [-0.25, -0.2) is 0 Å². The number of hydrogen-bond donors (Lipinski definition) is 2. The van der Waals surface area contributed by atoms with E-state index in [2.05, 4.69) is 10.6 Å². The maximum Gasteiger partial charge on any atom is 0.251 e. The summed E-state index contributed by atoms with van der Waals surface area (Å²) in [5, 5.41) is 5.83. The second-order valence-electron chi connectivity index (χ2n) is 3.66. The van der Waals surface area contributed by atoms with Crippen LogP contribution in [-0.4, -0.2) is 26.0 Å². The minimum absolute atomic E-state index is 0. The molecule has 0 bridgehead atoms. The standard InChI is InChI=1S/C12H18N2O.ClH/c1-9-4-5-11(8-10(9)2)12(15)14-7-6-13-3;/h4-5,8,13H,6-7H2,1-3H3,(H,14,15);1H. The molecule has 0 unspecified atom stereocenters. The lowest BCUT2D eigenvalue weighted by Crippen LogP contribution is -2.30. The van der Waals surface area contributed by atoms with Crippen LogP contribution in [0.15, 0.2) is 18.2 Å². The zero-order valence-corrected chi connectivity index (χ0v) is 10.8. The lowest BCUT2D eigenvalue weighted by molar-refractivity contribution is 0.0954. The third-order valence-electron chi connectivity index (χ3n) is 2.43. The van der Waals surface area contributed by atoms with Crippen molar-refractivity contribution in [3.05, 3.63) is 34.9 Å². The van der Waals surface area contributed by atoms with Gasteiger partial charge in [-0.05, 0) is 44.2 Å². The Morgan fingerprint density at radius 1 is 1.19 bits per heavy atom. The van der Waals surface area contributed by atoms with Crippen LogP contribution in [0.1, 0.15) is 21.5 Å². The van der Waals surface area contributed by atoms with Gasteiger partial charge < -0.3 is 10.6 Å². The van der Waals surface area contributed by atoms with Gasteiger partial charge in [0.05, 0.1) is 0 Å². The minimum atomic E-state index is -0.00616. The summed E-state index contributed by atoms with van der Waals surface area (Å²) >= 11 is 0. The van der Waals surface area contributed by atoms with Crippen molar-refractivity contribution in [2.75, 3.05) is 20.1 Å². The third-order valence-corrected chi connectivity index (χ3v) is 2.43. The number of halogens is 1. The Morgan fingerprint density at radius 2 is 1.88 bits per heavy atom. The quantitative estimate of drug-likeness (QED) is 0.789. The maximum absolute atomic E-state index is 11.6. The lowest BCUT2D eigenvalue weighted by Gasteiger charge is -2.06. The van der Waals surface area contributed by atoms with Gasteiger partial charge in [0.25, 0.3) is 5.91 Å². The molecule has 3 nitrogen and oxygen atoms in total. The molecule has 90 valence electrons. The van der Waals surface area contributed by atoms with Gasteiger partial charge in [-0.2, -0.15) is 0 Å². The highest BCUT2D eigenvalue weighted by Gasteiger charge is 2.04. The van der Waals surface area contributed by atoms with Crippen LogP contribution in [0.4, 0.5) is 0 Å². The van der Waals surface area contributed by atoms with Crippen molar-refractivity contribution < 1.29 is 4.79 Å². The molecule has 0 fully saturated rings. The normalized spacial score (nSPS) is 9.44. The average molecular weight is 243 g/mol. The number of likely N-dealkylation sites (N-methyl/N-ethyl adjacent to an activating group) is 1. The maximum atomic E-state index is 11.6. The van der Waals surface area contributed by atoms with E-state index in [1.807, 2.05) is 39.1 Å². The van der Waals surface area contributed by atoms with Crippen molar-refractivity contribution in [1.82, 2.24) is 10.6 Å². The summed E-state index contributed by atoms with van der Waals surface area (Å²) in [7, 11) is 1.86. The summed E-state index contributed by atoms with van der Waals surface area (Å²) in [5.74, 6) is -0.00616. The number of carbonyl (C=O) groups is 1. The molecule has 0 aliphatic rings. The van der Waals surface area contributed by atoms with E-state index in [0.29, 0.717) is 6.54 Å². The summed E-state index contributed by atoms with van der Waals surface area (Å²) < 4.78 is 0. The van der Waals surface area contributed by atoms with Crippen LogP contribution < -0.4 is 10.6 Å². The van der Waals surface area contributed by atoms with E-state index >= 15 is 0 Å². The molecule has 0 saturated heterocycles. The fourth-order valence-corrected chi connectivity index (χ4v) is 1.29. The summed E-state index contributed by atoms with van der Waals surface area (Å²) in [4.78, 5) is 11.6. The number of hydrogen-bond acceptors (Lipinski definition) is 2. The average Bonchev–Trinajstić information content (AvgIpc) is 2.22. The van der Waals surface area contributed by atoms with Gasteiger partial charge >= 0.3 is 0 Å². The van der Waals surface area contributed by atoms with Crippen LogP contribution in [0.3, 0.4) is 0 Å². The van der Waals surface area contributed by atoms with Crippen molar-refractivity contribution in [2.24, 2.45) is 0 Å². The zero-order valence-electron chi connectivity index (χ0n) is 9.96. The highest BCUT2D eigenvalue weighted by molar-refractivity contribution is 5.94. The Kier molecular flexibility index (Phi) is 6.77. The molecular formula is C12H19ClN2O. The van der Waals surface area contributed by atoms with Crippen LogP contribution in [0.5, 0.6) is 0 Å². The van der Waals surface area contributed by atoms with E-state index in [0.717, 1.165) is 17.7 Å². The summed E-state index contributed by atoms with van der Waals surface area (Å²) in [6.45, 7) is 5.50. The van der Waals surface area contributed by atoms with Crippen molar-refractivity contribution >= 4 is 18.3 Å². The fraction of sp³-hybridized carbons (Fsp3) is 0.417. The third kappa shape index (κ3) is 4.21. The van der Waals surface area contributed by atoms with Gasteiger partial charge in [0.2, 0.25) is 0 Å². The number of benzene rings is 1. The van der Waals surface area contributed by atoms with E-state index in [9.17, 15) is 4.79 Å². The largest absolute Gasteiger partial charge is 0.351 e. The number of nitrogens with one attached hydrogen (secondary N) is 2. The fourth-order valence-electron chi connectivity index (χ4n) is 1.29. The molecule has 0 saturated carbocycles. The Morgan fingerprint density at radius 3 is 2.44 bits per heavy atom. The Hall–Kier alpha value is -1.06. The molecule has 1 aromatic rings. The predicted octanol–water partition coefficient (Wildman–Crippen LogP) is 1.67. The summed E-state index contributed by atoms with van der Waals surface area (Å²) in [5.41, 5.74) is 3.09. The molecular weight excluding hydrogens is 224 g/mol. The van der Waals surface area contributed by atoms with Gasteiger partial charge in [0, 0.05) is 18.7 Å². The van der Waals surface area contributed by atoms with Gasteiger partial charge in [0.15, 0.2) is 0 Å². The molecule has 1 amide bonds. The van der Waals surface area contributed by atoms with Gasteiger partial charge in [-0.1, -0.05) is 6.07 Å². The summed E-state index contributed by atoms with van der Waals surface area (Å²) in [6.07, 6.45) is 0. The Bertz CT molecular complexity index is 353. The highest BCUT2D eigenvalue weighted by atomic mass is 35.5. The lowest BCUT2D eigenvalue weighted by atomic mass is 10.1. The van der Waals surface area contributed by atoms with E-state index in [-0.39, 0.29) is 18.3 Å². The molecule has 0 radical (unpaired) electrons. The molecule has 4 heteroatoms. The van der Waals surface area contributed by atoms with Crippen molar-refractivity contribution in [3.63, 3.8) is 0 Å². The molecule has 0 atom stereocenters. The number of aryl methyl sites for hydroxylation is 2. The molecule has 2 N–H and O–H groups in total. The minimum Gasteiger partial charge on any atom is -0.351 e. The Labute approximate surface area is 103 Å². The molecule has 0 aromatic heterocycles. The first-order valence-corrected chi connectivity index (χ1v) is 5.15. The second-order valence-corrected chi connectivity index (χ2v) is 3.66. The first-order valence-electron chi connectivity index (χ1n) is 5.15. The zero-order chi connectivity index (χ0) is 11.3. The SMILES string of the molecule is CNCCNC(=O)c1ccc(C)c(C)c1.Cl. The van der Waals surface area contributed by atoms with Crippen LogP contribution in [0.25, 0.3) is 0 Å². The topological polar surface area (TPSA) is 41.1 Å². The van der Waals surface area contributed by atoms with E-state index in [4.69, 9.17) is 0 Å². The highest BCUT2D eigenvalue weighted by Crippen LogP contribution is 2.09. The Balaban J connectivity index is 0.00000225. The molecule has 0 aliphatic heterocycles. The van der Waals surface area contributed by atoms with E-state index in [1.54, 1.807) is 0 Å². The van der Waals surface area contributed by atoms with Crippen LogP contribution in [-0.2, 0) is 0 Å².